The van der Waals surface area contributed by atoms with Crippen LogP contribution in [0.3, 0.4) is 0 Å². The van der Waals surface area contributed by atoms with Crippen molar-refractivity contribution in [3.63, 3.8) is 0 Å². The van der Waals surface area contributed by atoms with Crippen molar-refractivity contribution in [3.05, 3.63) is 33.9 Å². The molecular formula is C20H24FN3O5S. The van der Waals surface area contributed by atoms with E-state index in [0.717, 1.165) is 25.5 Å². The number of carbonyl (C=O) groups is 1. The second-order valence-electron chi connectivity index (χ2n) is 8.24. The van der Waals surface area contributed by atoms with Crippen LogP contribution in [0.15, 0.2) is 21.8 Å². The van der Waals surface area contributed by atoms with E-state index in [9.17, 15) is 18.0 Å². The number of rotatable bonds is 5. The fourth-order valence-electron chi connectivity index (χ4n) is 4.40. The van der Waals surface area contributed by atoms with E-state index in [1.165, 1.54) is 16.7 Å². The van der Waals surface area contributed by atoms with Crippen LogP contribution < -0.4 is 15.8 Å². The number of anilines is 1. The van der Waals surface area contributed by atoms with Crippen molar-refractivity contribution >= 4 is 32.5 Å². The van der Waals surface area contributed by atoms with Gasteiger partial charge in [0.2, 0.25) is 0 Å². The van der Waals surface area contributed by atoms with Crippen LogP contribution in [0.4, 0.5) is 14.9 Å². The quantitative estimate of drug-likeness (QED) is 0.743. The summed E-state index contributed by atoms with van der Waals surface area (Å²) in [5.41, 5.74) is 0.999. The zero-order chi connectivity index (χ0) is 21.8. The summed E-state index contributed by atoms with van der Waals surface area (Å²) >= 11 is 0. The lowest BCUT2D eigenvalue weighted by molar-refractivity contribution is 0.192. The predicted molar refractivity (Wildman–Crippen MR) is 111 cm³/mol. The molecule has 1 aliphatic heterocycles. The van der Waals surface area contributed by atoms with Crippen LogP contribution in [0.25, 0.3) is 10.9 Å². The van der Waals surface area contributed by atoms with Crippen molar-refractivity contribution in [1.29, 1.82) is 0 Å². The highest BCUT2D eigenvalue weighted by Crippen LogP contribution is 2.40. The zero-order valence-corrected chi connectivity index (χ0v) is 17.6. The normalized spacial score (nSPS) is 19.4. The highest BCUT2D eigenvalue weighted by molar-refractivity contribution is 7.90. The maximum absolute atomic E-state index is 15.2. The number of aromatic nitrogens is 1. The van der Waals surface area contributed by atoms with Gasteiger partial charge in [-0.25, -0.2) is 17.6 Å². The summed E-state index contributed by atoms with van der Waals surface area (Å²) < 4.78 is 40.9. The van der Waals surface area contributed by atoms with Crippen molar-refractivity contribution in [1.82, 2.24) is 9.88 Å². The Bertz CT molecular complexity index is 1200. The van der Waals surface area contributed by atoms with E-state index < -0.39 is 27.3 Å². The number of benzene rings is 1. The van der Waals surface area contributed by atoms with E-state index in [2.05, 4.69) is 5.32 Å². The van der Waals surface area contributed by atoms with Gasteiger partial charge in [0.1, 0.15) is 10.7 Å². The van der Waals surface area contributed by atoms with Gasteiger partial charge in [0.15, 0.2) is 9.84 Å². The third kappa shape index (κ3) is 3.64. The number of amides is 1. The van der Waals surface area contributed by atoms with Crippen LogP contribution >= 0.6 is 0 Å². The van der Waals surface area contributed by atoms with Gasteiger partial charge in [-0.3, -0.25) is 4.79 Å². The standard InChI is InChI=1S/C20H24FN3O5S/c1-11-17-13(8-16(30(2,28)29)19(25)24(17)14-3-4-14)7-15(21)18(11)23-6-5-12(10-23)9-22-20(26)27/h7-8,12,14,22H,3-6,9-10H2,1-2H3,(H,26,27). The van der Waals surface area contributed by atoms with E-state index in [1.807, 2.05) is 4.90 Å². The highest BCUT2D eigenvalue weighted by Gasteiger charge is 2.32. The molecule has 1 saturated carbocycles. The van der Waals surface area contributed by atoms with Crippen LogP contribution in [0.1, 0.15) is 30.9 Å². The van der Waals surface area contributed by atoms with E-state index in [4.69, 9.17) is 5.11 Å². The number of hydrogen-bond donors (Lipinski definition) is 2. The molecule has 1 aliphatic carbocycles. The van der Waals surface area contributed by atoms with Gasteiger partial charge < -0.3 is 19.9 Å². The van der Waals surface area contributed by atoms with Crippen molar-refractivity contribution in [2.24, 2.45) is 5.92 Å². The Balaban J connectivity index is 1.83. The van der Waals surface area contributed by atoms with Gasteiger partial charge in [-0.05, 0) is 49.8 Å². The van der Waals surface area contributed by atoms with Gasteiger partial charge in [0, 0.05) is 37.3 Å². The first-order valence-corrected chi connectivity index (χ1v) is 11.8. The summed E-state index contributed by atoms with van der Waals surface area (Å²) in [4.78, 5) is 25.3. The molecule has 162 valence electrons. The molecule has 0 bridgehead atoms. The van der Waals surface area contributed by atoms with E-state index in [1.54, 1.807) is 6.92 Å². The van der Waals surface area contributed by atoms with Crippen molar-refractivity contribution in [2.45, 2.75) is 37.1 Å². The maximum atomic E-state index is 15.2. The monoisotopic (exact) mass is 437 g/mol. The third-order valence-corrected chi connectivity index (χ3v) is 7.00. The minimum atomic E-state index is -3.75. The van der Waals surface area contributed by atoms with Gasteiger partial charge in [-0.2, -0.15) is 0 Å². The number of fused-ring (bicyclic) bond motifs is 1. The average molecular weight is 437 g/mol. The molecule has 0 radical (unpaired) electrons. The van der Waals surface area contributed by atoms with E-state index >= 15 is 4.39 Å². The molecule has 2 heterocycles. The fourth-order valence-corrected chi connectivity index (χ4v) is 5.16. The molecule has 1 saturated heterocycles. The summed E-state index contributed by atoms with van der Waals surface area (Å²) in [6, 6.07) is 2.49. The lowest BCUT2D eigenvalue weighted by Gasteiger charge is -2.24. The lowest BCUT2D eigenvalue weighted by Crippen LogP contribution is -2.30. The smallest absolute Gasteiger partial charge is 0.404 e. The van der Waals surface area contributed by atoms with Crippen LogP contribution in [-0.4, -0.2) is 50.1 Å². The molecule has 2 aliphatic rings. The Morgan fingerprint density at radius 2 is 2.00 bits per heavy atom. The van der Waals surface area contributed by atoms with Gasteiger partial charge >= 0.3 is 6.09 Å². The Kier molecular flexibility index (Phi) is 5.00. The largest absolute Gasteiger partial charge is 0.465 e. The second-order valence-corrected chi connectivity index (χ2v) is 10.2. The number of nitrogens with one attached hydrogen (secondary N) is 1. The number of hydrogen-bond acceptors (Lipinski definition) is 5. The summed E-state index contributed by atoms with van der Waals surface area (Å²) in [5.74, 6) is -0.416. The molecular weight excluding hydrogens is 413 g/mol. The minimum Gasteiger partial charge on any atom is -0.465 e. The first-order valence-electron chi connectivity index (χ1n) is 9.88. The van der Waals surface area contributed by atoms with Crippen LogP contribution in [0, 0.1) is 18.7 Å². The molecule has 2 aromatic rings. The molecule has 0 spiro atoms. The number of aryl methyl sites for hydroxylation is 1. The Hall–Kier alpha value is -2.62. The molecule has 10 heteroatoms. The van der Waals surface area contributed by atoms with Crippen LogP contribution in [0.5, 0.6) is 0 Å². The zero-order valence-electron chi connectivity index (χ0n) is 16.8. The molecule has 1 aromatic heterocycles. The fraction of sp³-hybridized carbons (Fsp3) is 0.500. The van der Waals surface area contributed by atoms with E-state index in [0.29, 0.717) is 41.8 Å². The molecule has 2 N–H and O–H groups in total. The van der Waals surface area contributed by atoms with Crippen molar-refractivity contribution in [3.8, 4) is 0 Å². The average Bonchev–Trinajstić information content (AvgIpc) is 3.37. The van der Waals surface area contributed by atoms with E-state index in [-0.39, 0.29) is 16.9 Å². The number of sulfone groups is 1. The number of carboxylic acid groups (broad SMARTS) is 1. The predicted octanol–water partition coefficient (Wildman–Crippen LogP) is 2.28. The first kappa shape index (κ1) is 20.6. The van der Waals surface area contributed by atoms with Crippen LogP contribution in [0.2, 0.25) is 0 Å². The Labute approximate surface area is 173 Å². The lowest BCUT2D eigenvalue weighted by atomic mass is 10.1. The second kappa shape index (κ2) is 7.26. The van der Waals surface area contributed by atoms with Crippen molar-refractivity contribution < 1.29 is 22.7 Å². The summed E-state index contributed by atoms with van der Waals surface area (Å²) in [6.45, 7) is 3.12. The number of halogens is 1. The minimum absolute atomic E-state index is 0.0637. The van der Waals surface area contributed by atoms with Crippen molar-refractivity contribution in [2.75, 3.05) is 30.8 Å². The molecule has 1 aromatic carbocycles. The first-order chi connectivity index (χ1) is 14.1. The molecule has 1 unspecified atom stereocenters. The summed E-state index contributed by atoms with van der Waals surface area (Å²) in [7, 11) is -3.75. The summed E-state index contributed by atoms with van der Waals surface area (Å²) in [5, 5.41) is 11.6. The van der Waals surface area contributed by atoms with Gasteiger partial charge in [0.25, 0.3) is 5.56 Å². The molecule has 30 heavy (non-hydrogen) atoms. The molecule has 2 fully saturated rings. The molecule has 4 rings (SSSR count). The van der Waals surface area contributed by atoms with Crippen LogP contribution in [-0.2, 0) is 9.84 Å². The molecule has 1 atom stereocenters. The summed E-state index contributed by atoms with van der Waals surface area (Å²) in [6.07, 6.45) is 2.18. The third-order valence-electron chi connectivity index (χ3n) is 5.90. The highest BCUT2D eigenvalue weighted by atomic mass is 32.2. The molecule has 1 amide bonds. The maximum Gasteiger partial charge on any atom is 0.404 e. The Morgan fingerprint density at radius 1 is 1.30 bits per heavy atom. The SMILES string of the molecule is Cc1c(N2CCC(CNC(=O)O)C2)c(F)cc2cc(S(C)(=O)=O)c(=O)n(C3CC3)c12. The Morgan fingerprint density at radius 3 is 2.60 bits per heavy atom. The van der Waals surface area contributed by atoms with Gasteiger partial charge in [-0.1, -0.05) is 0 Å². The number of pyridine rings is 1. The number of nitrogens with zero attached hydrogens (tertiary/aromatic N) is 2. The molecule has 8 nitrogen and oxygen atoms in total. The van der Waals surface area contributed by atoms with Gasteiger partial charge in [-0.15, -0.1) is 0 Å². The van der Waals surface area contributed by atoms with Gasteiger partial charge in [0.05, 0.1) is 11.2 Å². The topological polar surface area (TPSA) is 109 Å².